The van der Waals surface area contributed by atoms with Gasteiger partial charge in [0.25, 0.3) is 0 Å². The Morgan fingerprint density at radius 1 is 0.885 bits per heavy atom. The van der Waals surface area contributed by atoms with Crippen molar-refractivity contribution in [3.63, 3.8) is 0 Å². The summed E-state index contributed by atoms with van der Waals surface area (Å²) >= 11 is 38.7. The van der Waals surface area contributed by atoms with E-state index in [0.29, 0.717) is 19.8 Å². The summed E-state index contributed by atoms with van der Waals surface area (Å²) in [7, 11) is 0. The first-order valence-electron chi connectivity index (χ1n) is 8.07. The molecule has 3 fully saturated rings. The van der Waals surface area contributed by atoms with Gasteiger partial charge in [-0.3, -0.25) is 19.4 Å². The maximum absolute atomic E-state index is 13.0. The molecule has 0 aromatic rings. The van der Waals surface area contributed by atoms with E-state index in [9.17, 15) is 9.59 Å². The lowest BCUT2D eigenvalue weighted by atomic mass is 9.84. The molecule has 2 saturated heterocycles. The molecule has 2 unspecified atom stereocenters. The number of likely N-dealkylation sites (tertiary alicyclic amines) is 1. The van der Waals surface area contributed by atoms with Crippen molar-refractivity contribution >= 4 is 81.4 Å². The summed E-state index contributed by atoms with van der Waals surface area (Å²) in [6.45, 7) is 3.49. The molecule has 2 aliphatic carbocycles. The molecule has 2 amide bonds. The van der Waals surface area contributed by atoms with Crippen molar-refractivity contribution in [3.05, 3.63) is 10.1 Å². The molecular weight excluding hydrogens is 469 g/mol. The van der Waals surface area contributed by atoms with Gasteiger partial charge < -0.3 is 4.74 Å². The number of allylic oxidation sites excluding steroid dienone is 2. The summed E-state index contributed by atoms with van der Waals surface area (Å²) in [5.74, 6) is -3.05. The van der Waals surface area contributed by atoms with Crippen molar-refractivity contribution in [1.29, 1.82) is 0 Å². The number of morpholine rings is 1. The van der Waals surface area contributed by atoms with E-state index in [0.717, 1.165) is 13.1 Å². The third-order valence-electron chi connectivity index (χ3n) is 5.74. The molecule has 144 valence electrons. The third-order valence-corrected chi connectivity index (χ3v) is 10.0. The molecular formula is C15H14Cl6N2O3. The monoisotopic (exact) mass is 480 g/mol. The van der Waals surface area contributed by atoms with Gasteiger partial charge in [0.05, 0.1) is 35.1 Å². The van der Waals surface area contributed by atoms with E-state index in [1.54, 1.807) is 0 Å². The average Bonchev–Trinajstić information content (AvgIpc) is 2.99. The van der Waals surface area contributed by atoms with E-state index in [1.807, 2.05) is 0 Å². The van der Waals surface area contributed by atoms with Crippen LogP contribution in [0.1, 0.15) is 0 Å². The maximum atomic E-state index is 13.0. The Morgan fingerprint density at radius 3 is 1.81 bits per heavy atom. The number of amides is 2. The zero-order valence-corrected chi connectivity index (χ0v) is 17.8. The smallest absolute Gasteiger partial charge is 0.235 e. The van der Waals surface area contributed by atoms with Crippen molar-refractivity contribution in [2.24, 2.45) is 11.8 Å². The number of rotatable bonds is 3. The average molecular weight is 483 g/mol. The summed E-state index contributed by atoms with van der Waals surface area (Å²) in [5, 5.41) is -0.142. The molecule has 1 saturated carbocycles. The van der Waals surface area contributed by atoms with Crippen LogP contribution >= 0.6 is 69.6 Å². The van der Waals surface area contributed by atoms with Gasteiger partial charge in [-0.2, -0.15) is 0 Å². The number of carbonyl (C=O) groups is 2. The number of hydrogen-bond acceptors (Lipinski definition) is 4. The highest BCUT2D eigenvalue weighted by molar-refractivity contribution is 6.66. The Kier molecular flexibility index (Phi) is 4.78. The van der Waals surface area contributed by atoms with Crippen LogP contribution in [0.3, 0.4) is 0 Å². The minimum absolute atomic E-state index is 0.0711. The molecule has 0 spiro atoms. The molecule has 4 atom stereocenters. The lowest BCUT2D eigenvalue weighted by molar-refractivity contribution is -0.140. The molecule has 26 heavy (non-hydrogen) atoms. The van der Waals surface area contributed by atoms with E-state index < -0.39 is 37.7 Å². The first-order valence-corrected chi connectivity index (χ1v) is 10.3. The van der Waals surface area contributed by atoms with Gasteiger partial charge in [-0.1, -0.05) is 46.4 Å². The van der Waals surface area contributed by atoms with Gasteiger partial charge >= 0.3 is 0 Å². The number of fused-ring (bicyclic) bond motifs is 5. The van der Waals surface area contributed by atoms with Gasteiger partial charge in [0.2, 0.25) is 11.8 Å². The van der Waals surface area contributed by atoms with Crippen LogP contribution in [0.15, 0.2) is 10.1 Å². The Labute approximate surface area is 180 Å². The van der Waals surface area contributed by atoms with Gasteiger partial charge in [0.15, 0.2) is 4.33 Å². The van der Waals surface area contributed by atoms with Crippen LogP contribution in [0.25, 0.3) is 0 Å². The normalized spacial score (nSPS) is 42.2. The van der Waals surface area contributed by atoms with Crippen LogP contribution in [-0.4, -0.2) is 75.1 Å². The van der Waals surface area contributed by atoms with Crippen molar-refractivity contribution in [3.8, 4) is 0 Å². The quantitative estimate of drug-likeness (QED) is 0.458. The first-order chi connectivity index (χ1) is 12.1. The van der Waals surface area contributed by atoms with Crippen molar-refractivity contribution < 1.29 is 14.3 Å². The SMILES string of the molecule is O=C1[C@@H]2[C@H](C(=O)N1CCN1CCOCC1)C1(Cl)C(Cl)=C(Cl)C2(Cl)C1(Cl)Cl. The Morgan fingerprint density at radius 2 is 1.35 bits per heavy atom. The van der Waals surface area contributed by atoms with Crippen LogP contribution in [0.5, 0.6) is 0 Å². The van der Waals surface area contributed by atoms with Crippen molar-refractivity contribution in [1.82, 2.24) is 9.80 Å². The number of alkyl halides is 4. The fraction of sp³-hybridized carbons (Fsp3) is 0.733. The first kappa shape index (κ1) is 19.8. The van der Waals surface area contributed by atoms with Crippen LogP contribution in [0.2, 0.25) is 0 Å². The summed E-state index contributed by atoms with van der Waals surface area (Å²) < 4.78 is 3.41. The molecule has 2 aliphatic heterocycles. The van der Waals surface area contributed by atoms with Gasteiger partial charge in [-0.05, 0) is 0 Å². The zero-order chi connectivity index (χ0) is 19.1. The lowest BCUT2D eigenvalue weighted by Crippen LogP contribution is -2.51. The minimum Gasteiger partial charge on any atom is -0.379 e. The van der Waals surface area contributed by atoms with E-state index in [1.165, 1.54) is 4.90 Å². The van der Waals surface area contributed by atoms with Crippen LogP contribution in [-0.2, 0) is 14.3 Å². The fourth-order valence-electron chi connectivity index (χ4n) is 4.34. The number of nitrogens with zero attached hydrogens (tertiary/aromatic N) is 2. The number of imide groups is 1. The van der Waals surface area contributed by atoms with Crippen molar-refractivity contribution in [2.75, 3.05) is 39.4 Å². The highest BCUT2D eigenvalue weighted by Crippen LogP contribution is 2.77. The van der Waals surface area contributed by atoms with E-state index >= 15 is 0 Å². The fourth-order valence-corrected chi connectivity index (χ4v) is 7.27. The molecule has 2 bridgehead atoms. The number of carbonyl (C=O) groups excluding carboxylic acids is 2. The topological polar surface area (TPSA) is 49.9 Å². The molecule has 0 aromatic heterocycles. The van der Waals surface area contributed by atoms with Gasteiger partial charge in [0.1, 0.15) is 9.75 Å². The molecule has 2 heterocycles. The number of ether oxygens (including phenoxy) is 1. The van der Waals surface area contributed by atoms with E-state index in [2.05, 4.69) is 4.90 Å². The molecule has 0 aromatic carbocycles. The maximum Gasteiger partial charge on any atom is 0.235 e. The summed E-state index contributed by atoms with van der Waals surface area (Å²) in [6.07, 6.45) is 0. The van der Waals surface area contributed by atoms with Crippen LogP contribution < -0.4 is 0 Å². The second-order valence-electron chi connectivity index (χ2n) is 6.86. The zero-order valence-electron chi connectivity index (χ0n) is 13.3. The second kappa shape index (κ2) is 6.27. The van der Waals surface area contributed by atoms with Crippen molar-refractivity contribution in [2.45, 2.75) is 14.1 Å². The summed E-state index contributed by atoms with van der Waals surface area (Å²) in [6, 6.07) is 0. The standard InChI is InChI=1S/C15H14Cl6N2O3/c16-9-10(17)14(19)8-7(13(9,18)15(14,20)21)11(24)23(12(8)25)2-1-22-3-5-26-6-4-22/h7-8H,1-6H2/t7-,8+,13?,14?. The van der Waals surface area contributed by atoms with E-state index in [-0.39, 0.29) is 16.6 Å². The Balaban J connectivity index is 1.64. The summed E-state index contributed by atoms with van der Waals surface area (Å²) in [4.78, 5) is 25.9. The van der Waals surface area contributed by atoms with Gasteiger partial charge in [-0.25, -0.2) is 0 Å². The van der Waals surface area contributed by atoms with E-state index in [4.69, 9.17) is 74.3 Å². The Hall–Kier alpha value is 0.540. The molecule has 0 N–H and O–H groups in total. The molecule has 5 nitrogen and oxygen atoms in total. The van der Waals surface area contributed by atoms with Gasteiger partial charge in [0, 0.05) is 26.2 Å². The molecule has 0 radical (unpaired) electrons. The third kappa shape index (κ3) is 2.15. The predicted molar refractivity (Wildman–Crippen MR) is 101 cm³/mol. The second-order valence-corrected chi connectivity index (χ2v) is 10.1. The summed E-state index contributed by atoms with van der Waals surface area (Å²) in [5.41, 5.74) is 0. The highest BCUT2D eigenvalue weighted by Gasteiger charge is 2.87. The Bertz CT molecular complexity index is 678. The largest absolute Gasteiger partial charge is 0.379 e. The number of hydrogen-bond donors (Lipinski definition) is 0. The molecule has 4 rings (SSSR count). The predicted octanol–water partition coefficient (Wildman–Crippen LogP) is 2.77. The van der Waals surface area contributed by atoms with Crippen LogP contribution in [0.4, 0.5) is 0 Å². The number of halogens is 6. The molecule has 11 heteroatoms. The minimum atomic E-state index is -1.88. The highest BCUT2D eigenvalue weighted by atomic mass is 35.5. The lowest BCUT2D eigenvalue weighted by Gasteiger charge is -2.35. The van der Waals surface area contributed by atoms with Crippen LogP contribution in [0, 0.1) is 11.8 Å². The molecule has 4 aliphatic rings. The van der Waals surface area contributed by atoms with Gasteiger partial charge in [-0.15, -0.1) is 23.2 Å².